The second kappa shape index (κ2) is 7.41. The number of nitrogens with one attached hydrogen (secondary N) is 2. The van der Waals surface area contributed by atoms with Gasteiger partial charge in [-0.25, -0.2) is 8.42 Å². The minimum atomic E-state index is -3.67. The van der Waals surface area contributed by atoms with Crippen LogP contribution in [0.2, 0.25) is 0 Å². The summed E-state index contributed by atoms with van der Waals surface area (Å²) in [5, 5.41) is 7.28. The maximum Gasteiger partial charge on any atom is 0.263 e. The van der Waals surface area contributed by atoms with Crippen LogP contribution in [0.4, 0.5) is 5.82 Å². The SMILES string of the molecule is Cc1ccc(S(=O)(=O)Nc2n[nH]c3c2CCN(Cc2ccccc2)C3)c(C)c1. The summed E-state index contributed by atoms with van der Waals surface area (Å²) in [6, 6.07) is 15.7. The van der Waals surface area contributed by atoms with Crippen molar-refractivity contribution in [2.75, 3.05) is 11.3 Å². The predicted molar refractivity (Wildman–Crippen MR) is 110 cm³/mol. The largest absolute Gasteiger partial charge is 0.293 e. The molecule has 146 valence electrons. The summed E-state index contributed by atoms with van der Waals surface area (Å²) < 4.78 is 28.4. The summed E-state index contributed by atoms with van der Waals surface area (Å²) in [6.45, 7) is 6.20. The van der Waals surface area contributed by atoms with Gasteiger partial charge in [0.1, 0.15) is 0 Å². The van der Waals surface area contributed by atoms with E-state index in [1.807, 2.05) is 44.2 Å². The molecule has 1 aromatic heterocycles. The zero-order valence-electron chi connectivity index (χ0n) is 16.1. The van der Waals surface area contributed by atoms with Crippen LogP contribution in [0, 0.1) is 13.8 Å². The molecule has 7 heteroatoms. The second-order valence-corrected chi connectivity index (χ2v) is 9.00. The van der Waals surface area contributed by atoms with E-state index in [1.165, 1.54) is 5.56 Å². The van der Waals surface area contributed by atoms with E-state index in [0.29, 0.717) is 5.82 Å². The summed E-state index contributed by atoms with van der Waals surface area (Å²) >= 11 is 0. The Labute approximate surface area is 165 Å². The summed E-state index contributed by atoms with van der Waals surface area (Å²) in [7, 11) is -3.67. The van der Waals surface area contributed by atoms with Crippen LogP contribution in [-0.4, -0.2) is 30.1 Å². The number of anilines is 1. The Morgan fingerprint density at radius 2 is 1.93 bits per heavy atom. The highest BCUT2D eigenvalue weighted by Crippen LogP contribution is 2.27. The molecule has 0 bridgehead atoms. The number of aromatic amines is 1. The minimum absolute atomic E-state index is 0.288. The minimum Gasteiger partial charge on any atom is -0.293 e. The van der Waals surface area contributed by atoms with Gasteiger partial charge < -0.3 is 0 Å². The van der Waals surface area contributed by atoms with Crippen molar-refractivity contribution in [2.45, 2.75) is 38.3 Å². The fraction of sp³-hybridized carbons (Fsp3) is 0.286. The van der Waals surface area contributed by atoms with Crippen molar-refractivity contribution in [1.29, 1.82) is 0 Å². The number of aryl methyl sites for hydroxylation is 2. The fourth-order valence-electron chi connectivity index (χ4n) is 3.72. The van der Waals surface area contributed by atoms with E-state index in [0.717, 1.165) is 48.4 Å². The van der Waals surface area contributed by atoms with E-state index in [2.05, 4.69) is 32.0 Å². The van der Waals surface area contributed by atoms with Crippen molar-refractivity contribution in [3.63, 3.8) is 0 Å². The van der Waals surface area contributed by atoms with Gasteiger partial charge in [-0.1, -0.05) is 48.0 Å². The zero-order valence-corrected chi connectivity index (χ0v) is 16.9. The van der Waals surface area contributed by atoms with Crippen LogP contribution in [0.25, 0.3) is 0 Å². The van der Waals surface area contributed by atoms with Crippen LogP contribution in [0.1, 0.15) is 27.9 Å². The molecule has 2 aromatic carbocycles. The van der Waals surface area contributed by atoms with Crippen molar-refractivity contribution in [1.82, 2.24) is 15.1 Å². The van der Waals surface area contributed by atoms with Gasteiger partial charge in [0.05, 0.1) is 10.6 Å². The Hall–Kier alpha value is -2.64. The van der Waals surface area contributed by atoms with Crippen LogP contribution in [0.5, 0.6) is 0 Å². The Morgan fingerprint density at radius 1 is 1.14 bits per heavy atom. The Kier molecular flexibility index (Phi) is 4.95. The predicted octanol–water partition coefficient (Wildman–Crippen LogP) is 3.39. The molecule has 4 rings (SSSR count). The molecular weight excluding hydrogens is 372 g/mol. The lowest BCUT2D eigenvalue weighted by Gasteiger charge is -2.26. The van der Waals surface area contributed by atoms with Crippen molar-refractivity contribution in [3.05, 3.63) is 76.5 Å². The third kappa shape index (κ3) is 3.81. The molecule has 0 spiro atoms. The summed E-state index contributed by atoms with van der Waals surface area (Å²) in [6.07, 6.45) is 0.753. The first-order valence-electron chi connectivity index (χ1n) is 9.35. The molecule has 0 unspecified atom stereocenters. The van der Waals surface area contributed by atoms with Gasteiger partial charge >= 0.3 is 0 Å². The number of aromatic nitrogens is 2. The normalized spacial score (nSPS) is 14.6. The van der Waals surface area contributed by atoms with Crippen LogP contribution in [0.15, 0.2) is 53.4 Å². The third-order valence-corrected chi connectivity index (χ3v) is 6.61. The fourth-order valence-corrected chi connectivity index (χ4v) is 4.98. The molecule has 0 amide bonds. The topological polar surface area (TPSA) is 78.1 Å². The molecule has 0 fully saturated rings. The Morgan fingerprint density at radius 3 is 2.68 bits per heavy atom. The Balaban J connectivity index is 1.51. The van der Waals surface area contributed by atoms with Gasteiger partial charge in [-0.15, -0.1) is 0 Å². The molecule has 0 saturated carbocycles. The number of sulfonamides is 1. The smallest absolute Gasteiger partial charge is 0.263 e. The highest BCUT2D eigenvalue weighted by molar-refractivity contribution is 7.92. The number of fused-ring (bicyclic) bond motifs is 1. The first-order chi connectivity index (χ1) is 13.4. The van der Waals surface area contributed by atoms with Gasteiger partial charge in [0, 0.05) is 25.2 Å². The third-order valence-electron chi connectivity index (χ3n) is 5.11. The maximum absolute atomic E-state index is 12.8. The number of benzene rings is 2. The van der Waals surface area contributed by atoms with Crippen molar-refractivity contribution >= 4 is 15.8 Å². The van der Waals surface area contributed by atoms with Crippen LogP contribution in [0.3, 0.4) is 0 Å². The summed E-state index contributed by atoms with van der Waals surface area (Å²) in [4.78, 5) is 2.62. The number of H-pyrrole nitrogens is 1. The van der Waals surface area contributed by atoms with Gasteiger partial charge in [0.2, 0.25) is 0 Å². The van der Waals surface area contributed by atoms with Gasteiger partial charge in [0.25, 0.3) is 10.0 Å². The second-order valence-electron chi connectivity index (χ2n) is 7.35. The first kappa shape index (κ1) is 18.7. The van der Waals surface area contributed by atoms with E-state index >= 15 is 0 Å². The molecule has 0 radical (unpaired) electrons. The molecule has 0 aliphatic carbocycles. The van der Waals surface area contributed by atoms with E-state index in [9.17, 15) is 8.42 Å². The van der Waals surface area contributed by atoms with Gasteiger partial charge in [0.15, 0.2) is 5.82 Å². The summed E-state index contributed by atoms with van der Waals surface area (Å²) in [5.41, 5.74) is 4.96. The van der Waals surface area contributed by atoms with Gasteiger partial charge in [-0.3, -0.25) is 14.7 Å². The van der Waals surface area contributed by atoms with E-state index in [1.54, 1.807) is 6.07 Å². The molecule has 6 nitrogen and oxygen atoms in total. The summed E-state index contributed by atoms with van der Waals surface area (Å²) in [5.74, 6) is 0.411. The number of nitrogens with zero attached hydrogens (tertiary/aromatic N) is 2. The van der Waals surface area contributed by atoms with E-state index in [-0.39, 0.29) is 4.90 Å². The lowest BCUT2D eigenvalue weighted by Crippen LogP contribution is -2.30. The lowest BCUT2D eigenvalue weighted by molar-refractivity contribution is 0.242. The Bertz CT molecular complexity index is 1090. The van der Waals surface area contributed by atoms with E-state index < -0.39 is 10.0 Å². The molecular formula is C21H24N4O2S. The molecule has 2 N–H and O–H groups in total. The standard InChI is InChI=1S/C21H24N4O2S/c1-15-8-9-20(16(2)12-15)28(26,27)24-21-18-10-11-25(14-19(18)22-23-21)13-17-6-4-3-5-7-17/h3-9,12H,10-11,13-14H2,1-2H3,(H2,22,23,24). The maximum atomic E-state index is 12.8. The van der Waals surface area contributed by atoms with Crippen LogP contribution in [-0.2, 0) is 29.5 Å². The van der Waals surface area contributed by atoms with Crippen LogP contribution >= 0.6 is 0 Å². The monoisotopic (exact) mass is 396 g/mol. The molecule has 0 atom stereocenters. The van der Waals surface area contributed by atoms with Crippen LogP contribution < -0.4 is 4.72 Å². The molecule has 1 aliphatic heterocycles. The number of rotatable bonds is 5. The first-order valence-corrected chi connectivity index (χ1v) is 10.8. The highest BCUT2D eigenvalue weighted by atomic mass is 32.2. The van der Waals surface area contributed by atoms with Crippen molar-refractivity contribution in [3.8, 4) is 0 Å². The average Bonchev–Trinajstić information content (AvgIpc) is 3.03. The van der Waals surface area contributed by atoms with Crippen molar-refractivity contribution < 1.29 is 8.42 Å². The highest BCUT2D eigenvalue weighted by Gasteiger charge is 2.25. The quantitative estimate of drug-likeness (QED) is 0.693. The molecule has 0 saturated heterocycles. The molecule has 3 aromatic rings. The number of hydrogen-bond acceptors (Lipinski definition) is 4. The van der Waals surface area contributed by atoms with Gasteiger partial charge in [-0.2, -0.15) is 5.10 Å². The lowest BCUT2D eigenvalue weighted by atomic mass is 10.1. The van der Waals surface area contributed by atoms with Crippen molar-refractivity contribution in [2.24, 2.45) is 0 Å². The molecule has 1 aliphatic rings. The molecule has 2 heterocycles. The van der Waals surface area contributed by atoms with E-state index in [4.69, 9.17) is 0 Å². The average molecular weight is 397 g/mol. The zero-order chi connectivity index (χ0) is 19.7. The number of hydrogen-bond donors (Lipinski definition) is 2. The van der Waals surface area contributed by atoms with Gasteiger partial charge in [-0.05, 0) is 37.5 Å². The molecule has 28 heavy (non-hydrogen) atoms.